The molecular formula is C21H20FNO2. The Kier molecular flexibility index (Phi) is 5.41. The van der Waals surface area contributed by atoms with Crippen molar-refractivity contribution in [2.75, 3.05) is 13.7 Å². The third-order valence-electron chi connectivity index (χ3n) is 4.22. The molecule has 0 spiro atoms. The Labute approximate surface area is 146 Å². The zero-order chi connectivity index (χ0) is 17.6. The number of carbonyl (C=O) groups is 1. The molecule has 0 saturated carbocycles. The highest BCUT2D eigenvalue weighted by Gasteiger charge is 2.13. The number of hydrogen-bond donors (Lipinski definition) is 1. The maximum atomic E-state index is 13.4. The number of amides is 1. The Morgan fingerprint density at radius 1 is 1.08 bits per heavy atom. The molecule has 1 amide bonds. The van der Waals surface area contributed by atoms with Gasteiger partial charge in [0.25, 0.3) is 0 Å². The summed E-state index contributed by atoms with van der Waals surface area (Å²) >= 11 is 0. The lowest BCUT2D eigenvalue weighted by atomic mass is 10.0. The van der Waals surface area contributed by atoms with Crippen molar-refractivity contribution in [3.8, 4) is 0 Å². The van der Waals surface area contributed by atoms with Crippen molar-refractivity contribution >= 4 is 16.7 Å². The summed E-state index contributed by atoms with van der Waals surface area (Å²) in [7, 11) is 1.55. The number of ether oxygens (including phenoxy) is 1. The quantitative estimate of drug-likeness (QED) is 0.738. The van der Waals surface area contributed by atoms with Crippen LogP contribution in [0.25, 0.3) is 10.8 Å². The van der Waals surface area contributed by atoms with E-state index in [4.69, 9.17) is 4.74 Å². The van der Waals surface area contributed by atoms with Crippen molar-refractivity contribution in [1.29, 1.82) is 0 Å². The van der Waals surface area contributed by atoms with Crippen LogP contribution in [0, 0.1) is 5.82 Å². The van der Waals surface area contributed by atoms with Crippen molar-refractivity contribution in [3.63, 3.8) is 0 Å². The maximum absolute atomic E-state index is 13.4. The van der Waals surface area contributed by atoms with Gasteiger partial charge in [0.15, 0.2) is 0 Å². The monoisotopic (exact) mass is 337 g/mol. The number of fused-ring (bicyclic) bond motifs is 1. The van der Waals surface area contributed by atoms with E-state index in [1.807, 2.05) is 42.5 Å². The van der Waals surface area contributed by atoms with Crippen LogP contribution in [0.15, 0.2) is 66.7 Å². The van der Waals surface area contributed by atoms with Crippen LogP contribution in [0.3, 0.4) is 0 Å². The molecule has 0 heterocycles. The number of carbonyl (C=O) groups excluding carboxylic acids is 1. The normalized spacial score (nSPS) is 12.1. The summed E-state index contributed by atoms with van der Waals surface area (Å²) in [4.78, 5) is 12.3. The number of hydrogen-bond acceptors (Lipinski definition) is 2. The van der Waals surface area contributed by atoms with Gasteiger partial charge in [-0.25, -0.2) is 4.39 Å². The SMILES string of the molecule is COC(CNC(=O)Cc1cccc2ccccc12)c1cccc(F)c1. The van der Waals surface area contributed by atoms with Gasteiger partial charge in [-0.3, -0.25) is 4.79 Å². The molecule has 0 aliphatic carbocycles. The van der Waals surface area contributed by atoms with Gasteiger partial charge in [0.05, 0.1) is 12.5 Å². The summed E-state index contributed by atoms with van der Waals surface area (Å²) in [6.07, 6.45) is -0.0897. The number of benzene rings is 3. The van der Waals surface area contributed by atoms with Gasteiger partial charge in [-0.2, -0.15) is 0 Å². The van der Waals surface area contributed by atoms with E-state index in [9.17, 15) is 9.18 Å². The Bertz CT molecular complexity index is 873. The Balaban J connectivity index is 1.66. The average Bonchev–Trinajstić information content (AvgIpc) is 2.63. The summed E-state index contributed by atoms with van der Waals surface area (Å²) in [5.41, 5.74) is 1.68. The second-order valence-corrected chi connectivity index (χ2v) is 5.90. The minimum Gasteiger partial charge on any atom is -0.375 e. The third kappa shape index (κ3) is 4.22. The number of halogens is 1. The van der Waals surface area contributed by atoms with E-state index >= 15 is 0 Å². The zero-order valence-electron chi connectivity index (χ0n) is 14.0. The highest BCUT2D eigenvalue weighted by atomic mass is 19.1. The second kappa shape index (κ2) is 7.90. The summed E-state index contributed by atoms with van der Waals surface area (Å²) in [5, 5.41) is 5.07. The topological polar surface area (TPSA) is 38.3 Å². The minimum absolute atomic E-state index is 0.0881. The van der Waals surface area contributed by atoms with Gasteiger partial charge in [0.1, 0.15) is 5.82 Å². The van der Waals surface area contributed by atoms with E-state index in [-0.39, 0.29) is 17.8 Å². The first-order chi connectivity index (χ1) is 12.2. The number of rotatable bonds is 6. The van der Waals surface area contributed by atoms with E-state index in [1.54, 1.807) is 19.2 Å². The second-order valence-electron chi connectivity index (χ2n) is 5.90. The molecule has 0 aliphatic rings. The van der Waals surface area contributed by atoms with Gasteiger partial charge < -0.3 is 10.1 Å². The molecule has 1 unspecified atom stereocenters. The van der Waals surface area contributed by atoms with E-state index in [0.717, 1.165) is 16.3 Å². The molecule has 128 valence electrons. The van der Waals surface area contributed by atoms with Crippen molar-refractivity contribution in [3.05, 3.63) is 83.7 Å². The molecular weight excluding hydrogens is 317 g/mol. The molecule has 0 aromatic heterocycles. The van der Waals surface area contributed by atoms with Crippen LogP contribution in [-0.4, -0.2) is 19.6 Å². The van der Waals surface area contributed by atoms with Gasteiger partial charge >= 0.3 is 0 Å². The first kappa shape index (κ1) is 17.1. The summed E-state index contributed by atoms with van der Waals surface area (Å²) in [6, 6.07) is 20.2. The van der Waals surface area contributed by atoms with Crippen LogP contribution in [0.5, 0.6) is 0 Å². The fourth-order valence-electron chi connectivity index (χ4n) is 2.93. The van der Waals surface area contributed by atoms with Crippen molar-refractivity contribution < 1.29 is 13.9 Å². The van der Waals surface area contributed by atoms with Crippen molar-refractivity contribution in [2.45, 2.75) is 12.5 Å². The smallest absolute Gasteiger partial charge is 0.224 e. The fraction of sp³-hybridized carbons (Fsp3) is 0.190. The molecule has 3 rings (SSSR count). The third-order valence-corrected chi connectivity index (χ3v) is 4.22. The van der Waals surface area contributed by atoms with Crippen molar-refractivity contribution in [1.82, 2.24) is 5.32 Å². The fourth-order valence-corrected chi connectivity index (χ4v) is 2.93. The van der Waals surface area contributed by atoms with E-state index in [1.165, 1.54) is 12.1 Å². The van der Waals surface area contributed by atoms with Crippen molar-refractivity contribution in [2.24, 2.45) is 0 Å². The Hall–Kier alpha value is -2.72. The molecule has 0 fully saturated rings. The molecule has 3 aromatic carbocycles. The summed E-state index contributed by atoms with van der Waals surface area (Å²) < 4.78 is 18.7. The summed E-state index contributed by atoms with van der Waals surface area (Å²) in [5.74, 6) is -0.406. The highest BCUT2D eigenvalue weighted by molar-refractivity contribution is 5.90. The first-order valence-electron chi connectivity index (χ1n) is 8.19. The molecule has 1 atom stereocenters. The molecule has 0 aliphatic heterocycles. The van der Waals surface area contributed by atoms with Gasteiger partial charge in [-0.15, -0.1) is 0 Å². The molecule has 25 heavy (non-hydrogen) atoms. The van der Waals surface area contributed by atoms with E-state index in [0.29, 0.717) is 18.5 Å². The lowest BCUT2D eigenvalue weighted by molar-refractivity contribution is -0.121. The standard InChI is InChI=1S/C21H20FNO2/c1-25-20(17-9-5-10-18(22)12-17)14-23-21(24)13-16-8-4-7-15-6-2-3-11-19(15)16/h2-12,20H,13-14H2,1H3,(H,23,24). The van der Waals surface area contributed by atoms with Crippen LogP contribution >= 0.6 is 0 Å². The Morgan fingerprint density at radius 2 is 1.84 bits per heavy atom. The van der Waals surface area contributed by atoms with Gasteiger partial charge in [-0.05, 0) is 34.0 Å². The minimum atomic E-state index is -0.382. The molecule has 1 N–H and O–H groups in total. The predicted octanol–water partition coefficient (Wildman–Crippen LogP) is 4.03. The Morgan fingerprint density at radius 3 is 2.64 bits per heavy atom. The molecule has 0 bridgehead atoms. The molecule has 0 saturated heterocycles. The van der Waals surface area contributed by atoms with Gasteiger partial charge in [0.2, 0.25) is 5.91 Å². The van der Waals surface area contributed by atoms with E-state index in [2.05, 4.69) is 5.32 Å². The molecule has 4 heteroatoms. The van der Waals surface area contributed by atoms with Crippen LogP contribution in [0.2, 0.25) is 0 Å². The van der Waals surface area contributed by atoms with Crippen LogP contribution in [0.4, 0.5) is 4.39 Å². The molecule has 0 radical (unpaired) electrons. The maximum Gasteiger partial charge on any atom is 0.224 e. The zero-order valence-corrected chi connectivity index (χ0v) is 14.0. The number of nitrogens with one attached hydrogen (secondary N) is 1. The lowest BCUT2D eigenvalue weighted by Crippen LogP contribution is -2.30. The van der Waals surface area contributed by atoms with Crippen LogP contribution in [0.1, 0.15) is 17.2 Å². The number of methoxy groups -OCH3 is 1. The van der Waals surface area contributed by atoms with Crippen LogP contribution in [-0.2, 0) is 16.0 Å². The van der Waals surface area contributed by atoms with E-state index < -0.39 is 0 Å². The van der Waals surface area contributed by atoms with Gasteiger partial charge in [-0.1, -0.05) is 54.6 Å². The van der Waals surface area contributed by atoms with Gasteiger partial charge in [0, 0.05) is 13.7 Å². The molecule has 3 aromatic rings. The average molecular weight is 337 g/mol. The predicted molar refractivity (Wildman–Crippen MR) is 96.8 cm³/mol. The molecule has 3 nitrogen and oxygen atoms in total. The summed E-state index contributed by atoms with van der Waals surface area (Å²) in [6.45, 7) is 0.295. The van der Waals surface area contributed by atoms with Crippen LogP contribution < -0.4 is 5.32 Å². The largest absolute Gasteiger partial charge is 0.375 e. The lowest BCUT2D eigenvalue weighted by Gasteiger charge is -2.17. The highest BCUT2D eigenvalue weighted by Crippen LogP contribution is 2.19. The first-order valence-corrected chi connectivity index (χ1v) is 8.19.